The lowest BCUT2D eigenvalue weighted by Crippen LogP contribution is -2.35. The topological polar surface area (TPSA) is 15.3 Å². The van der Waals surface area contributed by atoms with Crippen LogP contribution in [0.4, 0.5) is 5.69 Å². The van der Waals surface area contributed by atoms with Crippen LogP contribution in [0.15, 0.2) is 24.3 Å². The van der Waals surface area contributed by atoms with Gasteiger partial charge in [-0.2, -0.15) is 0 Å². The van der Waals surface area contributed by atoms with Gasteiger partial charge in [-0.25, -0.2) is 0 Å². The van der Waals surface area contributed by atoms with Crippen LogP contribution >= 0.6 is 0 Å². The van der Waals surface area contributed by atoms with Gasteiger partial charge in [0, 0.05) is 25.8 Å². The fourth-order valence-corrected chi connectivity index (χ4v) is 1.74. The lowest BCUT2D eigenvalue weighted by molar-refractivity contribution is 0.383. The maximum atomic E-state index is 3.43. The zero-order chi connectivity index (χ0) is 9.26. The van der Waals surface area contributed by atoms with Crippen LogP contribution in [-0.4, -0.2) is 20.6 Å². The smallest absolute Gasteiger partial charge is 0.0409 e. The fourth-order valence-electron chi connectivity index (χ4n) is 1.74. The molecule has 1 aromatic carbocycles. The molecule has 1 aromatic rings. The highest BCUT2D eigenvalue weighted by molar-refractivity contribution is 5.54. The predicted molar refractivity (Wildman–Crippen MR) is 56.1 cm³/mol. The molecule has 1 unspecified atom stereocenters. The van der Waals surface area contributed by atoms with Gasteiger partial charge < -0.3 is 10.2 Å². The Morgan fingerprint density at radius 3 is 2.54 bits per heavy atom. The number of anilines is 1. The van der Waals surface area contributed by atoms with Crippen LogP contribution in [0.1, 0.15) is 18.0 Å². The first-order valence-electron chi connectivity index (χ1n) is 4.78. The van der Waals surface area contributed by atoms with Gasteiger partial charge in [0.1, 0.15) is 0 Å². The lowest BCUT2D eigenvalue weighted by Gasteiger charge is -2.31. The van der Waals surface area contributed by atoms with Crippen molar-refractivity contribution >= 4 is 5.69 Å². The van der Waals surface area contributed by atoms with Crippen molar-refractivity contribution in [3.8, 4) is 0 Å². The van der Waals surface area contributed by atoms with Crippen LogP contribution in [0.25, 0.3) is 0 Å². The average molecular weight is 176 g/mol. The molecule has 1 aliphatic rings. The second kappa shape index (κ2) is 3.38. The molecule has 1 saturated heterocycles. The normalized spacial score (nSPS) is 20.9. The van der Waals surface area contributed by atoms with E-state index >= 15 is 0 Å². The SMILES string of the molecule is CN(C)c1ccccc1C1CCN1. The second-order valence-corrected chi connectivity index (χ2v) is 3.75. The Bertz CT molecular complexity index is 290. The summed E-state index contributed by atoms with van der Waals surface area (Å²) in [5, 5.41) is 3.43. The molecule has 1 N–H and O–H groups in total. The van der Waals surface area contributed by atoms with Crippen LogP contribution in [0, 0.1) is 0 Å². The highest BCUT2D eigenvalue weighted by Gasteiger charge is 2.21. The first kappa shape index (κ1) is 8.57. The third-order valence-electron chi connectivity index (χ3n) is 2.62. The van der Waals surface area contributed by atoms with Gasteiger partial charge in [-0.05, 0) is 24.6 Å². The standard InChI is InChI=1S/C11H16N2/c1-13(2)11-6-4-3-5-9(11)10-7-8-12-10/h3-6,10,12H,7-8H2,1-2H3. The Morgan fingerprint density at radius 1 is 1.31 bits per heavy atom. The van der Waals surface area contributed by atoms with Gasteiger partial charge >= 0.3 is 0 Å². The summed E-state index contributed by atoms with van der Waals surface area (Å²) >= 11 is 0. The van der Waals surface area contributed by atoms with Crippen molar-refractivity contribution in [1.29, 1.82) is 0 Å². The van der Waals surface area contributed by atoms with E-state index in [1.807, 2.05) is 0 Å². The predicted octanol–water partition coefficient (Wildman–Crippen LogP) is 1.79. The minimum Gasteiger partial charge on any atom is -0.377 e. The molecule has 1 heterocycles. The van der Waals surface area contributed by atoms with Crippen LogP contribution < -0.4 is 10.2 Å². The van der Waals surface area contributed by atoms with Gasteiger partial charge in [0.25, 0.3) is 0 Å². The number of hydrogen-bond donors (Lipinski definition) is 1. The number of nitrogens with one attached hydrogen (secondary N) is 1. The zero-order valence-corrected chi connectivity index (χ0v) is 8.25. The largest absolute Gasteiger partial charge is 0.377 e. The van der Waals surface area contributed by atoms with Crippen LogP contribution in [0.3, 0.4) is 0 Å². The summed E-state index contributed by atoms with van der Waals surface area (Å²) in [6.45, 7) is 1.16. The summed E-state index contributed by atoms with van der Waals surface area (Å²) in [5.74, 6) is 0. The first-order chi connectivity index (χ1) is 6.29. The Balaban J connectivity index is 2.31. The van der Waals surface area contributed by atoms with E-state index in [4.69, 9.17) is 0 Å². The molecule has 1 atom stereocenters. The van der Waals surface area contributed by atoms with E-state index < -0.39 is 0 Å². The van der Waals surface area contributed by atoms with E-state index in [-0.39, 0.29) is 0 Å². The first-order valence-corrected chi connectivity index (χ1v) is 4.78. The molecule has 1 aliphatic heterocycles. The van der Waals surface area contributed by atoms with Gasteiger partial charge in [-0.3, -0.25) is 0 Å². The lowest BCUT2D eigenvalue weighted by atomic mass is 9.96. The van der Waals surface area contributed by atoms with E-state index in [2.05, 4.69) is 48.6 Å². The Kier molecular flexibility index (Phi) is 2.23. The minimum absolute atomic E-state index is 0.582. The van der Waals surface area contributed by atoms with Gasteiger partial charge in [-0.1, -0.05) is 18.2 Å². The second-order valence-electron chi connectivity index (χ2n) is 3.75. The van der Waals surface area contributed by atoms with Crippen molar-refractivity contribution in [3.63, 3.8) is 0 Å². The molecule has 0 saturated carbocycles. The minimum atomic E-state index is 0.582. The number of rotatable bonds is 2. The van der Waals surface area contributed by atoms with Crippen LogP contribution in [-0.2, 0) is 0 Å². The summed E-state index contributed by atoms with van der Waals surface area (Å²) in [7, 11) is 4.19. The maximum Gasteiger partial charge on any atom is 0.0409 e. The maximum absolute atomic E-state index is 3.43. The molecule has 0 aliphatic carbocycles. The summed E-state index contributed by atoms with van der Waals surface area (Å²) in [5.41, 5.74) is 2.76. The van der Waals surface area contributed by atoms with Gasteiger partial charge in [-0.15, -0.1) is 0 Å². The number of nitrogens with zero attached hydrogens (tertiary/aromatic N) is 1. The van der Waals surface area contributed by atoms with Gasteiger partial charge in [0.2, 0.25) is 0 Å². The molecule has 0 radical (unpaired) electrons. The van der Waals surface area contributed by atoms with Crippen LogP contribution in [0.5, 0.6) is 0 Å². The molecule has 0 spiro atoms. The molecule has 1 fully saturated rings. The van der Waals surface area contributed by atoms with Crippen molar-refractivity contribution in [2.75, 3.05) is 25.5 Å². The molecule has 0 amide bonds. The van der Waals surface area contributed by atoms with Gasteiger partial charge in [0.05, 0.1) is 0 Å². The van der Waals surface area contributed by atoms with E-state index in [1.165, 1.54) is 17.7 Å². The summed E-state index contributed by atoms with van der Waals surface area (Å²) in [6, 6.07) is 9.18. The molecule has 2 heteroatoms. The molecule has 13 heavy (non-hydrogen) atoms. The average Bonchev–Trinajstić information content (AvgIpc) is 2.02. The monoisotopic (exact) mass is 176 g/mol. The quantitative estimate of drug-likeness (QED) is 0.739. The highest BCUT2D eigenvalue weighted by atomic mass is 15.1. The molecular weight excluding hydrogens is 160 g/mol. The highest BCUT2D eigenvalue weighted by Crippen LogP contribution is 2.30. The van der Waals surface area contributed by atoms with Crippen LogP contribution in [0.2, 0.25) is 0 Å². The van der Waals surface area contributed by atoms with E-state index in [0.29, 0.717) is 6.04 Å². The third-order valence-corrected chi connectivity index (χ3v) is 2.62. The van der Waals surface area contributed by atoms with Crippen molar-refractivity contribution in [1.82, 2.24) is 5.32 Å². The Hall–Kier alpha value is -1.02. The summed E-state index contributed by atoms with van der Waals surface area (Å²) in [6.07, 6.45) is 1.27. The Morgan fingerprint density at radius 2 is 2.00 bits per heavy atom. The van der Waals surface area contributed by atoms with E-state index in [1.54, 1.807) is 0 Å². The van der Waals surface area contributed by atoms with Gasteiger partial charge in [0.15, 0.2) is 0 Å². The van der Waals surface area contributed by atoms with Crippen molar-refractivity contribution < 1.29 is 0 Å². The Labute approximate surface area is 79.6 Å². The zero-order valence-electron chi connectivity index (χ0n) is 8.25. The van der Waals surface area contributed by atoms with E-state index in [0.717, 1.165) is 6.54 Å². The molecule has 2 rings (SSSR count). The molecular formula is C11H16N2. The number of hydrogen-bond acceptors (Lipinski definition) is 2. The number of para-hydroxylation sites is 1. The van der Waals surface area contributed by atoms with Crippen molar-refractivity contribution in [2.45, 2.75) is 12.5 Å². The number of benzene rings is 1. The molecule has 0 bridgehead atoms. The van der Waals surface area contributed by atoms with E-state index in [9.17, 15) is 0 Å². The summed E-state index contributed by atoms with van der Waals surface area (Å²) < 4.78 is 0. The molecule has 70 valence electrons. The molecule has 0 aromatic heterocycles. The fraction of sp³-hybridized carbons (Fsp3) is 0.455. The van der Waals surface area contributed by atoms with Crippen molar-refractivity contribution in [2.24, 2.45) is 0 Å². The summed E-state index contributed by atoms with van der Waals surface area (Å²) in [4.78, 5) is 2.18. The third kappa shape index (κ3) is 1.54. The molecule has 2 nitrogen and oxygen atoms in total. The van der Waals surface area contributed by atoms with Crippen molar-refractivity contribution in [3.05, 3.63) is 29.8 Å².